The average molecular weight is 320 g/mol. The smallest absolute Gasteiger partial charge is 0.242 e. The molecule has 0 spiro atoms. The molecule has 1 amide bonds. The molecule has 2 heterocycles. The number of fused-ring (bicyclic) bond motifs is 1. The van der Waals surface area contributed by atoms with E-state index in [-0.39, 0.29) is 11.2 Å². The minimum absolute atomic E-state index is 0.0494. The fourth-order valence-corrected chi connectivity index (χ4v) is 4.12. The van der Waals surface area contributed by atoms with Gasteiger partial charge in [-0.3, -0.25) is 4.79 Å². The molecule has 5 nitrogen and oxygen atoms in total. The number of aromatic nitrogens is 1. The van der Waals surface area contributed by atoms with Crippen molar-refractivity contribution in [2.45, 2.75) is 24.6 Å². The maximum Gasteiger partial charge on any atom is 0.242 e. The predicted octanol–water partition coefficient (Wildman–Crippen LogP) is 1.68. The van der Waals surface area contributed by atoms with Crippen molar-refractivity contribution in [2.24, 2.45) is 0 Å². The first-order valence-corrected chi connectivity index (χ1v) is 9.41. The van der Waals surface area contributed by atoms with Crippen LogP contribution in [0, 0.1) is 0 Å². The molecule has 1 aliphatic rings. The van der Waals surface area contributed by atoms with Crippen molar-refractivity contribution in [3.8, 4) is 0 Å². The first-order valence-electron chi connectivity index (χ1n) is 7.45. The Hall–Kier alpha value is -1.82. The molecule has 0 N–H and O–H groups in total. The van der Waals surface area contributed by atoms with E-state index in [1.54, 1.807) is 4.90 Å². The normalized spacial score (nSPS) is 17.0. The second-order valence-corrected chi connectivity index (χ2v) is 8.24. The maximum atomic E-state index is 12.4. The van der Waals surface area contributed by atoms with Gasteiger partial charge in [-0.1, -0.05) is 18.2 Å². The number of hydrogen-bond acceptors (Lipinski definition) is 3. The highest BCUT2D eigenvalue weighted by molar-refractivity contribution is 7.91. The van der Waals surface area contributed by atoms with Gasteiger partial charge < -0.3 is 9.47 Å². The van der Waals surface area contributed by atoms with E-state index in [9.17, 15) is 13.2 Å². The Morgan fingerprint density at radius 3 is 2.55 bits per heavy atom. The number of hydrogen-bond donors (Lipinski definition) is 0. The highest BCUT2D eigenvalue weighted by Crippen LogP contribution is 2.19. The largest absolute Gasteiger partial charge is 0.341 e. The topological polar surface area (TPSA) is 59.4 Å². The zero-order valence-electron chi connectivity index (χ0n) is 12.6. The third-order valence-corrected chi connectivity index (χ3v) is 6.07. The van der Waals surface area contributed by atoms with Crippen molar-refractivity contribution >= 4 is 26.6 Å². The highest BCUT2D eigenvalue weighted by atomic mass is 32.2. The van der Waals surface area contributed by atoms with Crippen molar-refractivity contribution < 1.29 is 13.2 Å². The number of carbonyl (C=O) groups excluding carboxylic acids is 1. The van der Waals surface area contributed by atoms with Crippen LogP contribution in [-0.2, 0) is 21.2 Å². The van der Waals surface area contributed by atoms with Gasteiger partial charge in [0.2, 0.25) is 5.91 Å². The van der Waals surface area contributed by atoms with Crippen LogP contribution in [0.4, 0.5) is 0 Å². The summed E-state index contributed by atoms with van der Waals surface area (Å²) in [7, 11) is -3.00. The number of piperidine rings is 1. The standard InChI is InChI=1S/C16H20N2O3S/c1-22(20,21)14-7-10-17(11-8-14)16(19)12-18-9-6-13-4-2-3-5-15(13)18/h2-6,9,14H,7-8,10-12H2,1H3. The van der Waals surface area contributed by atoms with Gasteiger partial charge in [-0.05, 0) is 30.4 Å². The van der Waals surface area contributed by atoms with E-state index in [0.717, 1.165) is 10.9 Å². The summed E-state index contributed by atoms with van der Waals surface area (Å²) in [6.07, 6.45) is 4.28. The molecule has 1 aromatic carbocycles. The molecule has 0 aliphatic carbocycles. The minimum Gasteiger partial charge on any atom is -0.341 e. The van der Waals surface area contributed by atoms with Gasteiger partial charge >= 0.3 is 0 Å². The van der Waals surface area contributed by atoms with Crippen molar-refractivity contribution in [1.29, 1.82) is 0 Å². The highest BCUT2D eigenvalue weighted by Gasteiger charge is 2.28. The van der Waals surface area contributed by atoms with Gasteiger partial charge in [-0.25, -0.2) is 8.42 Å². The molecule has 2 aromatic rings. The van der Waals surface area contributed by atoms with Crippen LogP contribution in [0.3, 0.4) is 0 Å². The lowest BCUT2D eigenvalue weighted by Gasteiger charge is -2.31. The summed E-state index contributed by atoms with van der Waals surface area (Å²) in [4.78, 5) is 14.2. The summed E-state index contributed by atoms with van der Waals surface area (Å²) in [6.45, 7) is 1.35. The van der Waals surface area contributed by atoms with Gasteiger partial charge in [0.25, 0.3) is 0 Å². The van der Waals surface area contributed by atoms with Gasteiger partial charge in [-0.2, -0.15) is 0 Å². The molecule has 1 fully saturated rings. The van der Waals surface area contributed by atoms with Gasteiger partial charge in [0.15, 0.2) is 0 Å². The minimum atomic E-state index is -3.00. The van der Waals surface area contributed by atoms with Crippen LogP contribution in [0.5, 0.6) is 0 Å². The SMILES string of the molecule is CS(=O)(=O)C1CCN(C(=O)Cn2ccc3ccccc32)CC1. The second kappa shape index (κ2) is 5.76. The number of carbonyl (C=O) groups is 1. The fraction of sp³-hybridized carbons (Fsp3) is 0.438. The summed E-state index contributed by atoms with van der Waals surface area (Å²) in [5, 5.41) is 0.815. The number of amides is 1. The number of nitrogens with zero attached hydrogens (tertiary/aromatic N) is 2. The molecule has 118 valence electrons. The lowest BCUT2D eigenvalue weighted by Crippen LogP contribution is -2.43. The van der Waals surface area contributed by atoms with Gasteiger partial charge in [-0.15, -0.1) is 0 Å². The Morgan fingerprint density at radius 1 is 1.18 bits per heavy atom. The molecular formula is C16H20N2O3S. The van der Waals surface area contributed by atoms with E-state index >= 15 is 0 Å². The molecule has 22 heavy (non-hydrogen) atoms. The number of rotatable bonds is 3. The Balaban J connectivity index is 1.66. The van der Waals surface area contributed by atoms with Crippen molar-refractivity contribution in [3.05, 3.63) is 36.5 Å². The third kappa shape index (κ3) is 3.02. The Kier molecular flexibility index (Phi) is 3.95. The van der Waals surface area contributed by atoms with Crippen LogP contribution in [0.2, 0.25) is 0 Å². The van der Waals surface area contributed by atoms with Gasteiger partial charge in [0.05, 0.1) is 5.25 Å². The summed E-state index contributed by atoms with van der Waals surface area (Å²) in [5.41, 5.74) is 1.04. The summed E-state index contributed by atoms with van der Waals surface area (Å²) in [6, 6.07) is 9.95. The van der Waals surface area contributed by atoms with E-state index < -0.39 is 9.84 Å². The molecule has 0 radical (unpaired) electrons. The monoisotopic (exact) mass is 320 g/mol. The van der Waals surface area contributed by atoms with E-state index in [4.69, 9.17) is 0 Å². The average Bonchev–Trinajstić information content (AvgIpc) is 2.90. The van der Waals surface area contributed by atoms with Crippen molar-refractivity contribution in [1.82, 2.24) is 9.47 Å². The summed E-state index contributed by atoms with van der Waals surface area (Å²) < 4.78 is 25.1. The number of benzene rings is 1. The molecule has 0 unspecified atom stereocenters. The zero-order chi connectivity index (χ0) is 15.7. The number of sulfone groups is 1. The van der Waals surface area contributed by atoms with Gasteiger partial charge in [0, 0.05) is 31.1 Å². The molecule has 6 heteroatoms. The van der Waals surface area contributed by atoms with Crippen LogP contribution in [0.25, 0.3) is 10.9 Å². The van der Waals surface area contributed by atoms with E-state index in [1.165, 1.54) is 6.26 Å². The van der Waals surface area contributed by atoms with E-state index in [1.807, 2.05) is 41.1 Å². The van der Waals surface area contributed by atoms with Crippen LogP contribution in [-0.4, -0.2) is 48.4 Å². The molecule has 3 rings (SSSR count). The molecule has 1 saturated heterocycles. The molecule has 0 bridgehead atoms. The quantitative estimate of drug-likeness (QED) is 0.864. The Labute approximate surface area is 130 Å². The van der Waals surface area contributed by atoms with Crippen molar-refractivity contribution in [3.63, 3.8) is 0 Å². The fourth-order valence-electron chi connectivity index (χ4n) is 3.06. The summed E-state index contributed by atoms with van der Waals surface area (Å²) in [5.74, 6) is 0.0494. The molecule has 1 aromatic heterocycles. The Bertz CT molecular complexity index is 787. The van der Waals surface area contributed by atoms with Crippen LogP contribution in [0.15, 0.2) is 36.5 Å². The van der Waals surface area contributed by atoms with Crippen LogP contribution >= 0.6 is 0 Å². The Morgan fingerprint density at radius 2 is 1.86 bits per heavy atom. The molecule has 0 saturated carbocycles. The lowest BCUT2D eigenvalue weighted by atomic mass is 10.1. The van der Waals surface area contributed by atoms with Gasteiger partial charge in [0.1, 0.15) is 16.4 Å². The summed E-state index contributed by atoms with van der Waals surface area (Å²) >= 11 is 0. The lowest BCUT2D eigenvalue weighted by molar-refractivity contribution is -0.132. The maximum absolute atomic E-state index is 12.4. The zero-order valence-corrected chi connectivity index (χ0v) is 13.4. The molecule has 0 atom stereocenters. The van der Waals surface area contributed by atoms with E-state index in [0.29, 0.717) is 32.5 Å². The third-order valence-electron chi connectivity index (χ3n) is 4.39. The second-order valence-electron chi connectivity index (χ2n) is 5.91. The molecule has 1 aliphatic heterocycles. The van der Waals surface area contributed by atoms with Crippen molar-refractivity contribution in [2.75, 3.05) is 19.3 Å². The van der Waals surface area contributed by atoms with Crippen LogP contribution < -0.4 is 0 Å². The number of para-hydroxylation sites is 1. The number of likely N-dealkylation sites (tertiary alicyclic amines) is 1. The first-order chi connectivity index (χ1) is 10.4. The predicted molar refractivity (Wildman–Crippen MR) is 86.4 cm³/mol. The molecular weight excluding hydrogens is 300 g/mol. The first kappa shape index (κ1) is 15.1. The van der Waals surface area contributed by atoms with E-state index in [2.05, 4.69) is 0 Å². The van der Waals surface area contributed by atoms with Crippen LogP contribution in [0.1, 0.15) is 12.8 Å².